The molecular formula is C13H18O4. The summed E-state index contributed by atoms with van der Waals surface area (Å²) in [5.41, 5.74) is 0.878. The average molecular weight is 238 g/mol. The summed E-state index contributed by atoms with van der Waals surface area (Å²) in [5, 5.41) is 8.91. The van der Waals surface area contributed by atoms with Crippen molar-refractivity contribution in [3.8, 4) is 5.75 Å². The Labute approximate surface area is 101 Å². The van der Waals surface area contributed by atoms with Crippen molar-refractivity contribution in [2.75, 3.05) is 20.3 Å². The van der Waals surface area contributed by atoms with E-state index in [-0.39, 0.29) is 12.7 Å². The largest absolute Gasteiger partial charge is 0.496 e. The Bertz CT molecular complexity index is 379. The van der Waals surface area contributed by atoms with Gasteiger partial charge in [0.05, 0.1) is 25.4 Å². The Morgan fingerprint density at radius 1 is 1.47 bits per heavy atom. The molecule has 0 saturated carbocycles. The quantitative estimate of drug-likeness (QED) is 0.866. The summed E-state index contributed by atoms with van der Waals surface area (Å²) in [4.78, 5) is 0. The van der Waals surface area contributed by atoms with Gasteiger partial charge in [0.1, 0.15) is 5.75 Å². The highest BCUT2D eigenvalue weighted by Gasteiger charge is 2.40. The molecule has 1 saturated heterocycles. The molecule has 94 valence electrons. The van der Waals surface area contributed by atoms with E-state index in [2.05, 4.69) is 0 Å². The van der Waals surface area contributed by atoms with Gasteiger partial charge in [-0.15, -0.1) is 0 Å². The Hall–Kier alpha value is -1.10. The van der Waals surface area contributed by atoms with Crippen LogP contribution >= 0.6 is 0 Å². The molecule has 2 unspecified atom stereocenters. The summed E-state index contributed by atoms with van der Waals surface area (Å²) in [6, 6.07) is 7.65. The number of benzene rings is 1. The van der Waals surface area contributed by atoms with Gasteiger partial charge in [-0.05, 0) is 25.5 Å². The highest BCUT2D eigenvalue weighted by Crippen LogP contribution is 2.39. The summed E-state index contributed by atoms with van der Waals surface area (Å²) in [5.74, 6) is -0.0356. The van der Waals surface area contributed by atoms with Crippen molar-refractivity contribution >= 4 is 0 Å². The van der Waals surface area contributed by atoms with E-state index in [1.807, 2.05) is 31.2 Å². The van der Waals surface area contributed by atoms with Crippen molar-refractivity contribution in [2.45, 2.75) is 25.2 Å². The smallest absolute Gasteiger partial charge is 0.196 e. The molecule has 0 amide bonds. The van der Waals surface area contributed by atoms with E-state index in [1.54, 1.807) is 7.11 Å². The topological polar surface area (TPSA) is 47.9 Å². The highest BCUT2D eigenvalue weighted by atomic mass is 16.7. The number of aliphatic hydroxyl groups excluding tert-OH is 1. The predicted molar refractivity (Wildman–Crippen MR) is 62.9 cm³/mol. The lowest BCUT2D eigenvalue weighted by Gasteiger charge is -2.25. The van der Waals surface area contributed by atoms with Crippen molar-refractivity contribution in [2.24, 2.45) is 0 Å². The van der Waals surface area contributed by atoms with E-state index in [4.69, 9.17) is 19.3 Å². The lowest BCUT2D eigenvalue weighted by Crippen LogP contribution is -2.24. The van der Waals surface area contributed by atoms with Crippen LogP contribution in [-0.2, 0) is 15.3 Å². The Kier molecular flexibility index (Phi) is 3.66. The number of rotatable bonds is 4. The van der Waals surface area contributed by atoms with Crippen LogP contribution in [0.15, 0.2) is 24.3 Å². The first-order valence-corrected chi connectivity index (χ1v) is 5.76. The number of methoxy groups -OCH3 is 1. The maximum absolute atomic E-state index is 8.91. The zero-order valence-corrected chi connectivity index (χ0v) is 10.2. The van der Waals surface area contributed by atoms with Crippen LogP contribution in [0.25, 0.3) is 0 Å². The van der Waals surface area contributed by atoms with Crippen LogP contribution in [0.3, 0.4) is 0 Å². The zero-order valence-electron chi connectivity index (χ0n) is 10.2. The number of hydrogen-bond donors (Lipinski definition) is 1. The van der Waals surface area contributed by atoms with E-state index in [0.717, 1.165) is 11.3 Å². The number of aliphatic hydroxyl groups is 1. The number of hydrogen-bond acceptors (Lipinski definition) is 4. The Morgan fingerprint density at radius 2 is 2.24 bits per heavy atom. The molecule has 1 aliphatic heterocycles. The van der Waals surface area contributed by atoms with E-state index in [0.29, 0.717) is 13.0 Å². The molecule has 0 radical (unpaired) electrons. The molecular weight excluding hydrogens is 220 g/mol. The third-order valence-corrected chi connectivity index (χ3v) is 2.98. The summed E-state index contributed by atoms with van der Waals surface area (Å²) >= 11 is 0. The Balaban J connectivity index is 2.21. The molecule has 2 atom stereocenters. The lowest BCUT2D eigenvalue weighted by molar-refractivity contribution is -0.163. The fourth-order valence-corrected chi connectivity index (χ4v) is 2.09. The molecule has 4 heteroatoms. The van der Waals surface area contributed by atoms with E-state index in [9.17, 15) is 0 Å². The van der Waals surface area contributed by atoms with Crippen LogP contribution in [0.4, 0.5) is 0 Å². The van der Waals surface area contributed by atoms with Crippen LogP contribution < -0.4 is 4.74 Å². The lowest BCUT2D eigenvalue weighted by atomic mass is 10.1. The van der Waals surface area contributed by atoms with Crippen LogP contribution in [0, 0.1) is 0 Å². The van der Waals surface area contributed by atoms with E-state index >= 15 is 0 Å². The minimum Gasteiger partial charge on any atom is -0.496 e. The summed E-state index contributed by atoms with van der Waals surface area (Å²) in [7, 11) is 1.63. The average Bonchev–Trinajstić information content (AvgIpc) is 2.73. The maximum atomic E-state index is 8.91. The third kappa shape index (κ3) is 2.44. The molecule has 1 aromatic rings. The fraction of sp³-hybridized carbons (Fsp3) is 0.538. The number of para-hydroxylation sites is 1. The van der Waals surface area contributed by atoms with Crippen LogP contribution in [-0.4, -0.2) is 31.5 Å². The van der Waals surface area contributed by atoms with Crippen molar-refractivity contribution in [3.63, 3.8) is 0 Å². The van der Waals surface area contributed by atoms with E-state index < -0.39 is 5.79 Å². The summed E-state index contributed by atoms with van der Waals surface area (Å²) in [6.07, 6.45) is 0.528. The van der Waals surface area contributed by atoms with Gasteiger partial charge in [-0.3, -0.25) is 0 Å². The fourth-order valence-electron chi connectivity index (χ4n) is 2.09. The van der Waals surface area contributed by atoms with Crippen molar-refractivity contribution < 1.29 is 19.3 Å². The zero-order chi connectivity index (χ0) is 12.3. The van der Waals surface area contributed by atoms with Gasteiger partial charge in [-0.2, -0.15) is 0 Å². The number of ether oxygens (including phenoxy) is 3. The molecule has 17 heavy (non-hydrogen) atoms. The first-order chi connectivity index (χ1) is 8.19. The molecule has 1 heterocycles. The second kappa shape index (κ2) is 5.04. The van der Waals surface area contributed by atoms with Gasteiger partial charge in [0.15, 0.2) is 5.79 Å². The van der Waals surface area contributed by atoms with Crippen molar-refractivity contribution in [3.05, 3.63) is 29.8 Å². The molecule has 1 fully saturated rings. The van der Waals surface area contributed by atoms with Gasteiger partial charge in [-0.25, -0.2) is 0 Å². The molecule has 0 aliphatic carbocycles. The third-order valence-electron chi connectivity index (χ3n) is 2.98. The van der Waals surface area contributed by atoms with Crippen LogP contribution in [0.2, 0.25) is 0 Å². The monoisotopic (exact) mass is 238 g/mol. The second-order valence-corrected chi connectivity index (χ2v) is 4.21. The molecule has 0 aromatic heterocycles. The summed E-state index contributed by atoms with van der Waals surface area (Å²) in [6.45, 7) is 2.48. The van der Waals surface area contributed by atoms with Gasteiger partial charge in [0, 0.05) is 6.61 Å². The minimum absolute atomic E-state index is 0.0603. The van der Waals surface area contributed by atoms with Gasteiger partial charge in [0.2, 0.25) is 0 Å². The molecule has 4 nitrogen and oxygen atoms in total. The van der Waals surface area contributed by atoms with Gasteiger partial charge in [-0.1, -0.05) is 12.1 Å². The minimum atomic E-state index is -0.785. The predicted octanol–water partition coefficient (Wildman–Crippen LogP) is 1.67. The van der Waals surface area contributed by atoms with Gasteiger partial charge < -0.3 is 19.3 Å². The normalized spacial score (nSPS) is 28.3. The maximum Gasteiger partial charge on any atom is 0.196 e. The molecule has 0 spiro atoms. The SMILES string of the molecule is COc1ccccc1C1(C)OCC(CCO)O1. The Morgan fingerprint density at radius 3 is 2.94 bits per heavy atom. The van der Waals surface area contributed by atoms with Crippen LogP contribution in [0.1, 0.15) is 18.9 Å². The second-order valence-electron chi connectivity index (χ2n) is 4.21. The molecule has 1 aromatic carbocycles. The molecule has 1 N–H and O–H groups in total. The summed E-state index contributed by atoms with van der Waals surface area (Å²) < 4.78 is 16.9. The van der Waals surface area contributed by atoms with E-state index in [1.165, 1.54) is 0 Å². The molecule has 1 aliphatic rings. The van der Waals surface area contributed by atoms with Gasteiger partial charge in [0.25, 0.3) is 0 Å². The molecule has 2 rings (SSSR count). The first kappa shape index (κ1) is 12.4. The molecule has 0 bridgehead atoms. The van der Waals surface area contributed by atoms with Crippen molar-refractivity contribution in [1.82, 2.24) is 0 Å². The van der Waals surface area contributed by atoms with Gasteiger partial charge >= 0.3 is 0 Å². The van der Waals surface area contributed by atoms with Crippen LogP contribution in [0.5, 0.6) is 5.75 Å². The highest BCUT2D eigenvalue weighted by molar-refractivity contribution is 5.36. The van der Waals surface area contributed by atoms with Crippen molar-refractivity contribution in [1.29, 1.82) is 0 Å². The first-order valence-electron chi connectivity index (χ1n) is 5.76. The standard InChI is InChI=1S/C13H18O4/c1-13(16-9-10(17-13)7-8-14)11-5-3-4-6-12(11)15-2/h3-6,10,14H,7-9H2,1-2H3.